The molecule has 1 fully saturated rings. The Kier molecular flexibility index (Phi) is 3.15. The van der Waals surface area contributed by atoms with Gasteiger partial charge in [-0.2, -0.15) is 0 Å². The molecule has 19 heavy (non-hydrogen) atoms. The lowest BCUT2D eigenvalue weighted by Crippen LogP contribution is -2.33. The molecule has 100 valence electrons. The number of hydrogen-bond donors (Lipinski definition) is 1. The van der Waals surface area contributed by atoms with E-state index in [0.717, 1.165) is 43.3 Å². The van der Waals surface area contributed by atoms with Gasteiger partial charge in [0.25, 0.3) is 0 Å². The Hall–Kier alpha value is -1.61. The van der Waals surface area contributed by atoms with E-state index in [1.54, 1.807) is 0 Å². The van der Waals surface area contributed by atoms with Gasteiger partial charge >= 0.3 is 0 Å². The van der Waals surface area contributed by atoms with Crippen molar-refractivity contribution in [3.8, 4) is 0 Å². The van der Waals surface area contributed by atoms with Crippen LogP contribution in [0.2, 0.25) is 0 Å². The van der Waals surface area contributed by atoms with Crippen molar-refractivity contribution in [3.63, 3.8) is 0 Å². The molecule has 2 aromatic rings. The predicted octanol–water partition coefficient (Wildman–Crippen LogP) is 3.40. The van der Waals surface area contributed by atoms with Gasteiger partial charge in [-0.25, -0.2) is 0 Å². The second-order valence-corrected chi connectivity index (χ2v) is 5.43. The zero-order valence-corrected chi connectivity index (χ0v) is 11.2. The van der Waals surface area contributed by atoms with Crippen LogP contribution in [0.5, 0.6) is 0 Å². The van der Waals surface area contributed by atoms with E-state index >= 15 is 0 Å². The number of hydrogen-bond acceptors (Lipinski definition) is 3. The van der Waals surface area contributed by atoms with E-state index in [-0.39, 0.29) is 11.2 Å². The van der Waals surface area contributed by atoms with Gasteiger partial charge in [-0.3, -0.25) is 4.79 Å². The topological polar surface area (TPSA) is 42.2 Å². The molecule has 1 saturated heterocycles. The molecule has 0 radical (unpaired) electrons. The zero-order chi connectivity index (χ0) is 13.3. The number of carbonyl (C=O) groups excluding carboxylic acids is 1. The highest BCUT2D eigenvalue weighted by Crippen LogP contribution is 2.36. The molecule has 1 atom stereocenters. The molecule has 3 nitrogen and oxygen atoms in total. The van der Waals surface area contributed by atoms with Crippen molar-refractivity contribution in [3.05, 3.63) is 36.1 Å². The second-order valence-electron chi connectivity index (χ2n) is 5.43. The lowest BCUT2D eigenvalue weighted by molar-refractivity contribution is 0.0773. The molecule has 1 aliphatic rings. The van der Waals surface area contributed by atoms with Crippen LogP contribution in [0.1, 0.15) is 36.7 Å². The second kappa shape index (κ2) is 4.82. The van der Waals surface area contributed by atoms with E-state index < -0.39 is 0 Å². The van der Waals surface area contributed by atoms with Crippen molar-refractivity contribution >= 4 is 16.8 Å². The maximum absolute atomic E-state index is 12.8. The Morgan fingerprint density at radius 2 is 2.26 bits per heavy atom. The summed E-state index contributed by atoms with van der Waals surface area (Å²) in [6.45, 7) is 3.83. The quantitative estimate of drug-likeness (QED) is 0.854. The lowest BCUT2D eigenvalue weighted by atomic mass is 9.77. The summed E-state index contributed by atoms with van der Waals surface area (Å²) in [6, 6.07) is 9.66. The van der Waals surface area contributed by atoms with Gasteiger partial charge in [0.15, 0.2) is 5.76 Å². The van der Waals surface area contributed by atoms with E-state index in [0.29, 0.717) is 5.76 Å². The Morgan fingerprint density at radius 3 is 2.95 bits per heavy atom. The Labute approximate surface area is 113 Å². The molecule has 1 aromatic heterocycles. The molecule has 2 heterocycles. The van der Waals surface area contributed by atoms with E-state index in [9.17, 15) is 4.79 Å². The van der Waals surface area contributed by atoms with E-state index in [2.05, 4.69) is 12.2 Å². The first kappa shape index (κ1) is 12.4. The molecule has 0 spiro atoms. The number of benzene rings is 1. The zero-order valence-electron chi connectivity index (χ0n) is 11.2. The predicted molar refractivity (Wildman–Crippen MR) is 75.4 cm³/mol. The van der Waals surface area contributed by atoms with Crippen LogP contribution in [-0.2, 0) is 0 Å². The van der Waals surface area contributed by atoms with Gasteiger partial charge in [-0.05, 0) is 31.5 Å². The third-order valence-electron chi connectivity index (χ3n) is 4.10. The maximum Gasteiger partial charge on any atom is 0.205 e. The van der Waals surface area contributed by atoms with Gasteiger partial charge in [0.1, 0.15) is 5.58 Å². The molecule has 1 aromatic carbocycles. The largest absolute Gasteiger partial charge is 0.453 e. The van der Waals surface area contributed by atoms with Gasteiger partial charge in [0.2, 0.25) is 5.78 Å². The summed E-state index contributed by atoms with van der Waals surface area (Å²) in [5.74, 6) is 0.675. The SMILES string of the molecule is CCCC1(C(=O)c2cc3ccccc3o2)CCNC1. The van der Waals surface area contributed by atoms with E-state index in [4.69, 9.17) is 4.42 Å². The van der Waals surface area contributed by atoms with Crippen molar-refractivity contribution in [2.75, 3.05) is 13.1 Å². The number of rotatable bonds is 4. The molecular formula is C16H19NO2. The van der Waals surface area contributed by atoms with Crippen molar-refractivity contribution in [1.29, 1.82) is 0 Å². The number of ketones is 1. The number of Topliss-reactive ketones (excluding diaryl/α,β-unsaturated/α-hetero) is 1. The summed E-state index contributed by atoms with van der Waals surface area (Å²) in [4.78, 5) is 12.8. The number of carbonyl (C=O) groups is 1. The minimum absolute atomic E-state index is 0.163. The van der Waals surface area contributed by atoms with Crippen LogP contribution in [0, 0.1) is 5.41 Å². The first-order valence-corrected chi connectivity index (χ1v) is 6.99. The summed E-state index contributed by atoms with van der Waals surface area (Å²) in [5.41, 5.74) is 0.534. The number of fused-ring (bicyclic) bond motifs is 1. The van der Waals surface area contributed by atoms with Gasteiger partial charge in [0.05, 0.1) is 5.41 Å². The van der Waals surface area contributed by atoms with Crippen LogP contribution in [-0.4, -0.2) is 18.9 Å². The summed E-state index contributed by atoms with van der Waals surface area (Å²) >= 11 is 0. The molecule has 1 aliphatic heterocycles. The molecular weight excluding hydrogens is 238 g/mol. The Morgan fingerprint density at radius 1 is 1.42 bits per heavy atom. The number of nitrogens with one attached hydrogen (secondary N) is 1. The maximum atomic E-state index is 12.8. The third kappa shape index (κ3) is 2.08. The molecule has 3 rings (SSSR count). The smallest absolute Gasteiger partial charge is 0.205 e. The Balaban J connectivity index is 1.97. The molecule has 0 aliphatic carbocycles. The van der Waals surface area contributed by atoms with E-state index in [1.807, 2.05) is 30.3 Å². The molecule has 1 N–H and O–H groups in total. The molecule has 1 unspecified atom stereocenters. The minimum atomic E-state index is -0.261. The van der Waals surface area contributed by atoms with Crippen LogP contribution >= 0.6 is 0 Å². The van der Waals surface area contributed by atoms with Gasteiger partial charge in [0, 0.05) is 11.9 Å². The fourth-order valence-electron chi connectivity index (χ4n) is 3.10. The van der Waals surface area contributed by atoms with E-state index in [1.165, 1.54) is 0 Å². The first-order valence-electron chi connectivity index (χ1n) is 6.99. The third-order valence-corrected chi connectivity index (χ3v) is 4.10. The Bertz CT molecular complexity index is 561. The van der Waals surface area contributed by atoms with Crippen LogP contribution < -0.4 is 5.32 Å². The van der Waals surface area contributed by atoms with Gasteiger partial charge in [-0.1, -0.05) is 31.5 Å². The van der Waals surface area contributed by atoms with Gasteiger partial charge in [-0.15, -0.1) is 0 Å². The minimum Gasteiger partial charge on any atom is -0.453 e. The molecule has 3 heteroatoms. The van der Waals surface area contributed by atoms with Gasteiger partial charge < -0.3 is 9.73 Å². The van der Waals surface area contributed by atoms with Crippen LogP contribution in [0.15, 0.2) is 34.7 Å². The van der Waals surface area contributed by atoms with Crippen molar-refractivity contribution < 1.29 is 9.21 Å². The average Bonchev–Trinajstić information content (AvgIpc) is 3.04. The molecule has 0 bridgehead atoms. The average molecular weight is 257 g/mol. The van der Waals surface area contributed by atoms with Crippen molar-refractivity contribution in [2.45, 2.75) is 26.2 Å². The van der Waals surface area contributed by atoms with Crippen molar-refractivity contribution in [2.24, 2.45) is 5.41 Å². The number of furan rings is 1. The van der Waals surface area contributed by atoms with Crippen LogP contribution in [0.4, 0.5) is 0 Å². The summed E-state index contributed by atoms with van der Waals surface area (Å²) in [6.07, 6.45) is 2.86. The fraction of sp³-hybridized carbons (Fsp3) is 0.438. The molecule has 0 amide bonds. The highest BCUT2D eigenvalue weighted by Gasteiger charge is 2.42. The summed E-state index contributed by atoms with van der Waals surface area (Å²) in [7, 11) is 0. The lowest BCUT2D eigenvalue weighted by Gasteiger charge is -2.24. The first-order chi connectivity index (χ1) is 9.25. The monoisotopic (exact) mass is 257 g/mol. The van der Waals surface area contributed by atoms with Crippen LogP contribution in [0.3, 0.4) is 0 Å². The fourth-order valence-corrected chi connectivity index (χ4v) is 3.10. The van der Waals surface area contributed by atoms with Crippen molar-refractivity contribution in [1.82, 2.24) is 5.32 Å². The number of para-hydroxylation sites is 1. The van der Waals surface area contributed by atoms with Crippen LogP contribution in [0.25, 0.3) is 11.0 Å². The summed E-state index contributed by atoms with van der Waals surface area (Å²) < 4.78 is 5.74. The summed E-state index contributed by atoms with van der Waals surface area (Å²) in [5, 5.41) is 4.32. The normalized spacial score (nSPS) is 23.0. The standard InChI is InChI=1S/C16H19NO2/c1-2-7-16(8-9-17-11-16)15(18)14-10-12-5-3-4-6-13(12)19-14/h3-6,10,17H,2,7-9,11H2,1H3. The highest BCUT2D eigenvalue weighted by molar-refractivity contribution is 6.01. The highest BCUT2D eigenvalue weighted by atomic mass is 16.3. The molecule has 0 saturated carbocycles.